The van der Waals surface area contributed by atoms with E-state index < -0.39 is 0 Å². The summed E-state index contributed by atoms with van der Waals surface area (Å²) >= 11 is 7.44. The molecule has 0 bridgehead atoms. The predicted octanol–water partition coefficient (Wildman–Crippen LogP) is 5.14. The second-order valence-electron chi connectivity index (χ2n) is 6.80. The summed E-state index contributed by atoms with van der Waals surface area (Å²) in [5.74, 6) is 2.02. The summed E-state index contributed by atoms with van der Waals surface area (Å²) in [5, 5.41) is 12.7. The molecule has 0 saturated carbocycles. The van der Waals surface area contributed by atoms with Crippen LogP contribution in [-0.4, -0.2) is 33.5 Å². The molecule has 31 heavy (non-hydrogen) atoms. The number of rotatable bonds is 9. The van der Waals surface area contributed by atoms with Crippen molar-refractivity contribution in [2.45, 2.75) is 38.6 Å². The fourth-order valence-electron chi connectivity index (χ4n) is 2.96. The topological polar surface area (TPSA) is 78.3 Å². The van der Waals surface area contributed by atoms with Crippen LogP contribution in [0.5, 0.6) is 11.5 Å². The van der Waals surface area contributed by atoms with Crippen LogP contribution >= 0.6 is 23.4 Å². The number of nitrogens with one attached hydrogen (secondary N) is 1. The van der Waals surface area contributed by atoms with E-state index in [-0.39, 0.29) is 17.8 Å². The van der Waals surface area contributed by atoms with Crippen molar-refractivity contribution < 1.29 is 14.3 Å². The van der Waals surface area contributed by atoms with Gasteiger partial charge in [-0.15, -0.1) is 10.2 Å². The monoisotopic (exact) mass is 460 g/mol. The van der Waals surface area contributed by atoms with Crippen LogP contribution in [0.25, 0.3) is 0 Å². The number of ether oxygens (including phenoxy) is 2. The molecule has 0 radical (unpaired) electrons. The molecular formula is C22H25ClN4O3S. The number of carbonyl (C=O) groups excluding carboxylic acids is 1. The van der Waals surface area contributed by atoms with Gasteiger partial charge in [0.15, 0.2) is 28.6 Å². The molecule has 1 N–H and O–H groups in total. The number of methoxy groups -OCH3 is 1. The molecule has 9 heteroatoms. The minimum Gasteiger partial charge on any atom is -0.493 e. The molecule has 0 saturated heterocycles. The van der Waals surface area contributed by atoms with Gasteiger partial charge in [-0.3, -0.25) is 4.79 Å². The lowest BCUT2D eigenvalue weighted by Gasteiger charge is -2.17. The van der Waals surface area contributed by atoms with Crippen molar-refractivity contribution >= 4 is 35.0 Å². The van der Waals surface area contributed by atoms with E-state index in [1.807, 2.05) is 61.7 Å². The highest BCUT2D eigenvalue weighted by atomic mass is 35.5. The second-order valence-corrected chi connectivity index (χ2v) is 8.15. The van der Waals surface area contributed by atoms with Crippen LogP contribution in [0, 0.1) is 6.92 Å². The maximum Gasteiger partial charge on any atom is 0.234 e. The second kappa shape index (κ2) is 10.5. The van der Waals surface area contributed by atoms with Crippen LogP contribution in [0.4, 0.5) is 5.69 Å². The van der Waals surface area contributed by atoms with Crippen molar-refractivity contribution in [2.24, 2.45) is 0 Å². The first kappa shape index (κ1) is 23.0. The quantitative estimate of drug-likeness (QED) is 0.445. The summed E-state index contributed by atoms with van der Waals surface area (Å²) in [5.41, 5.74) is 1.62. The molecule has 1 atom stereocenters. The van der Waals surface area contributed by atoms with Gasteiger partial charge in [0.05, 0.1) is 12.9 Å². The molecular weight excluding hydrogens is 436 g/mol. The molecule has 1 amide bonds. The van der Waals surface area contributed by atoms with Gasteiger partial charge in [-0.2, -0.15) is 0 Å². The maximum atomic E-state index is 12.4. The molecule has 3 rings (SSSR count). The van der Waals surface area contributed by atoms with E-state index in [1.54, 1.807) is 13.2 Å². The largest absolute Gasteiger partial charge is 0.493 e. The summed E-state index contributed by atoms with van der Waals surface area (Å²) in [6.07, 6.45) is -0.346. The molecule has 0 aliphatic rings. The Morgan fingerprint density at radius 1 is 1.23 bits per heavy atom. The van der Waals surface area contributed by atoms with Gasteiger partial charge in [-0.25, -0.2) is 0 Å². The summed E-state index contributed by atoms with van der Waals surface area (Å²) in [4.78, 5) is 12.4. The van der Waals surface area contributed by atoms with E-state index in [2.05, 4.69) is 15.5 Å². The number of aryl methyl sites for hydroxylation is 1. The predicted molar refractivity (Wildman–Crippen MR) is 123 cm³/mol. The Balaban J connectivity index is 1.65. The lowest BCUT2D eigenvalue weighted by atomic mass is 10.2. The maximum absolute atomic E-state index is 12.4. The van der Waals surface area contributed by atoms with Gasteiger partial charge in [-0.1, -0.05) is 41.6 Å². The number of para-hydroxylation sites is 2. The SMILES string of the molecule is CCn1c(SCC(=O)Nc2ccc(C)c(Cl)c2)nnc1C(C)Oc1ccccc1OC. The van der Waals surface area contributed by atoms with Crippen molar-refractivity contribution in [3.05, 3.63) is 58.9 Å². The highest BCUT2D eigenvalue weighted by Gasteiger charge is 2.20. The molecule has 3 aromatic rings. The van der Waals surface area contributed by atoms with E-state index in [9.17, 15) is 4.79 Å². The van der Waals surface area contributed by atoms with Gasteiger partial charge >= 0.3 is 0 Å². The normalized spacial score (nSPS) is 11.8. The third-order valence-electron chi connectivity index (χ3n) is 4.59. The van der Waals surface area contributed by atoms with Crippen LogP contribution in [0.3, 0.4) is 0 Å². The van der Waals surface area contributed by atoms with Crippen molar-refractivity contribution in [2.75, 3.05) is 18.2 Å². The molecule has 0 aliphatic heterocycles. The zero-order valence-corrected chi connectivity index (χ0v) is 19.5. The van der Waals surface area contributed by atoms with Crippen molar-refractivity contribution in [1.82, 2.24) is 14.8 Å². The Hall–Kier alpha value is -2.71. The minimum absolute atomic E-state index is 0.143. The van der Waals surface area contributed by atoms with Crippen molar-refractivity contribution in [1.29, 1.82) is 0 Å². The van der Waals surface area contributed by atoms with E-state index >= 15 is 0 Å². The van der Waals surface area contributed by atoms with Crippen LogP contribution in [0.15, 0.2) is 47.6 Å². The Labute approximate surface area is 191 Å². The zero-order valence-electron chi connectivity index (χ0n) is 17.9. The Bertz CT molecular complexity index is 1060. The zero-order chi connectivity index (χ0) is 22.4. The van der Waals surface area contributed by atoms with Crippen LogP contribution in [-0.2, 0) is 11.3 Å². The highest BCUT2D eigenvalue weighted by molar-refractivity contribution is 7.99. The third-order valence-corrected chi connectivity index (χ3v) is 5.96. The lowest BCUT2D eigenvalue weighted by molar-refractivity contribution is -0.113. The fourth-order valence-corrected chi connectivity index (χ4v) is 3.95. The molecule has 1 heterocycles. The van der Waals surface area contributed by atoms with E-state index in [0.717, 1.165) is 5.56 Å². The number of halogens is 1. The molecule has 164 valence electrons. The average Bonchev–Trinajstić information content (AvgIpc) is 3.18. The van der Waals surface area contributed by atoms with E-state index in [4.69, 9.17) is 21.1 Å². The minimum atomic E-state index is -0.346. The van der Waals surface area contributed by atoms with Gasteiger partial charge in [0.1, 0.15) is 0 Å². The molecule has 0 fully saturated rings. The first-order chi connectivity index (χ1) is 14.9. The van der Waals surface area contributed by atoms with Gasteiger partial charge in [0, 0.05) is 17.3 Å². The van der Waals surface area contributed by atoms with Gasteiger partial charge in [0.2, 0.25) is 5.91 Å². The van der Waals surface area contributed by atoms with E-state index in [1.165, 1.54) is 11.8 Å². The Morgan fingerprint density at radius 3 is 2.65 bits per heavy atom. The van der Waals surface area contributed by atoms with E-state index in [0.29, 0.717) is 39.7 Å². The number of hydrogen-bond donors (Lipinski definition) is 1. The first-order valence-corrected chi connectivity index (χ1v) is 11.2. The summed E-state index contributed by atoms with van der Waals surface area (Å²) < 4.78 is 13.3. The lowest BCUT2D eigenvalue weighted by Crippen LogP contribution is -2.15. The molecule has 0 spiro atoms. The number of nitrogens with zero attached hydrogens (tertiary/aromatic N) is 3. The Kier molecular flexibility index (Phi) is 7.81. The standard InChI is InChI=1S/C22H25ClN4O3S/c1-5-27-21(15(3)30-19-9-7-6-8-18(19)29-4)25-26-22(27)31-13-20(28)24-16-11-10-14(2)17(23)12-16/h6-12,15H,5,13H2,1-4H3,(H,24,28). The molecule has 0 aliphatic carbocycles. The number of hydrogen-bond acceptors (Lipinski definition) is 6. The van der Waals surface area contributed by atoms with Crippen LogP contribution < -0.4 is 14.8 Å². The van der Waals surface area contributed by atoms with Crippen LogP contribution in [0.1, 0.15) is 31.3 Å². The Morgan fingerprint density at radius 2 is 1.97 bits per heavy atom. The van der Waals surface area contributed by atoms with Gasteiger partial charge in [-0.05, 0) is 50.6 Å². The fraction of sp³-hybridized carbons (Fsp3) is 0.318. The smallest absolute Gasteiger partial charge is 0.234 e. The van der Waals surface area contributed by atoms with Gasteiger partial charge in [0.25, 0.3) is 0 Å². The first-order valence-electron chi connectivity index (χ1n) is 9.84. The van der Waals surface area contributed by atoms with Crippen molar-refractivity contribution in [3.8, 4) is 11.5 Å². The summed E-state index contributed by atoms with van der Waals surface area (Å²) in [6, 6.07) is 12.9. The molecule has 1 aromatic heterocycles. The molecule has 7 nitrogen and oxygen atoms in total. The van der Waals surface area contributed by atoms with Gasteiger partial charge < -0.3 is 19.4 Å². The average molecular weight is 461 g/mol. The number of thioether (sulfide) groups is 1. The molecule has 2 aromatic carbocycles. The summed E-state index contributed by atoms with van der Waals surface area (Å²) in [7, 11) is 1.60. The van der Waals surface area contributed by atoms with Crippen LogP contribution in [0.2, 0.25) is 5.02 Å². The number of carbonyl (C=O) groups is 1. The summed E-state index contributed by atoms with van der Waals surface area (Å²) in [6.45, 7) is 6.48. The third kappa shape index (κ3) is 5.71. The molecule has 1 unspecified atom stereocenters. The number of benzene rings is 2. The number of anilines is 1. The number of aromatic nitrogens is 3. The number of amides is 1. The van der Waals surface area contributed by atoms with Crippen molar-refractivity contribution in [3.63, 3.8) is 0 Å². The highest BCUT2D eigenvalue weighted by Crippen LogP contribution is 2.31.